The highest BCUT2D eigenvalue weighted by Gasteiger charge is 2.04. The van der Waals surface area contributed by atoms with Gasteiger partial charge in [0, 0.05) is 11.0 Å². The second-order valence-corrected chi connectivity index (χ2v) is 5.71. The minimum Gasteiger partial charge on any atom is -0.473 e. The molecule has 0 amide bonds. The molecule has 0 atom stereocenters. The third kappa shape index (κ3) is 11.7. The number of hydrogen-bond donors (Lipinski definition) is 3. The lowest BCUT2D eigenvalue weighted by atomic mass is 10.2. The number of halogens is 1. The molecule has 0 saturated carbocycles. The number of hydrogen-bond acceptors (Lipinski definition) is 4. The van der Waals surface area contributed by atoms with Crippen LogP contribution in [0.25, 0.3) is 0 Å². The Hall–Kier alpha value is -1.44. The fraction of sp³-hybridized carbons (Fsp3) is 0.500. The molecule has 0 spiro atoms. The van der Waals surface area contributed by atoms with E-state index < -0.39 is 11.9 Å². The van der Waals surface area contributed by atoms with Crippen LogP contribution in [0.5, 0.6) is 0 Å². The van der Waals surface area contributed by atoms with Gasteiger partial charge in [0.2, 0.25) is 0 Å². The Morgan fingerprint density at radius 3 is 2.26 bits per heavy atom. The van der Waals surface area contributed by atoms with Gasteiger partial charge in [-0.15, -0.1) is 0 Å². The molecule has 3 N–H and O–H groups in total. The summed E-state index contributed by atoms with van der Waals surface area (Å²) in [4.78, 5) is 20.7. The zero-order valence-corrected chi connectivity index (χ0v) is 15.2. The van der Waals surface area contributed by atoms with Crippen molar-refractivity contribution in [2.24, 2.45) is 0 Å². The van der Waals surface area contributed by atoms with Crippen molar-refractivity contribution >= 4 is 27.9 Å². The number of carbonyl (C=O) groups is 2. The smallest absolute Gasteiger partial charge is 0.414 e. The van der Waals surface area contributed by atoms with E-state index in [0.717, 1.165) is 30.7 Å². The molecule has 130 valence electrons. The van der Waals surface area contributed by atoms with Crippen molar-refractivity contribution in [2.45, 2.75) is 26.8 Å². The summed E-state index contributed by atoms with van der Waals surface area (Å²) in [6.07, 6.45) is 1.22. The maximum absolute atomic E-state index is 9.10. The Kier molecular flexibility index (Phi) is 12.2. The Bertz CT molecular complexity index is 467. The SMILES string of the molecule is CCN(CC)CCCNCc1cccc(Br)c1.O=C(O)C(=O)O. The van der Waals surface area contributed by atoms with Gasteiger partial charge in [-0.25, -0.2) is 9.59 Å². The van der Waals surface area contributed by atoms with Crippen LogP contribution in [0, 0.1) is 0 Å². The average molecular weight is 389 g/mol. The maximum atomic E-state index is 9.10. The van der Waals surface area contributed by atoms with Crippen molar-refractivity contribution in [1.82, 2.24) is 10.2 Å². The largest absolute Gasteiger partial charge is 0.473 e. The normalized spacial score (nSPS) is 10.1. The third-order valence-corrected chi connectivity index (χ3v) is 3.62. The van der Waals surface area contributed by atoms with Crippen molar-refractivity contribution in [3.63, 3.8) is 0 Å². The first-order valence-electron chi connectivity index (χ1n) is 7.54. The molecule has 1 aromatic carbocycles. The Balaban J connectivity index is 0.000000688. The standard InChI is InChI=1S/C14H23BrN2.C2H2O4/c1-3-17(4-2)10-6-9-16-12-13-7-5-8-14(15)11-13;3-1(4)2(5)6/h5,7-8,11,16H,3-4,6,9-10,12H2,1-2H3;(H,3,4)(H,5,6). The predicted molar refractivity (Wildman–Crippen MR) is 93.5 cm³/mol. The predicted octanol–water partition coefficient (Wildman–Crippen LogP) is 2.43. The molecule has 1 rings (SSSR count). The summed E-state index contributed by atoms with van der Waals surface area (Å²) in [6, 6.07) is 8.46. The molecular weight excluding hydrogens is 364 g/mol. The van der Waals surface area contributed by atoms with Crippen molar-refractivity contribution in [3.05, 3.63) is 34.3 Å². The molecule has 0 radical (unpaired) electrons. The molecule has 23 heavy (non-hydrogen) atoms. The molecule has 0 bridgehead atoms. The molecule has 0 unspecified atom stereocenters. The minimum absolute atomic E-state index is 0.956. The molecule has 0 saturated heterocycles. The van der Waals surface area contributed by atoms with Gasteiger partial charge in [0.1, 0.15) is 0 Å². The van der Waals surface area contributed by atoms with Gasteiger partial charge in [0.05, 0.1) is 0 Å². The zero-order valence-electron chi connectivity index (χ0n) is 13.6. The average Bonchev–Trinajstić information content (AvgIpc) is 2.51. The zero-order chi connectivity index (χ0) is 17.7. The Morgan fingerprint density at radius 2 is 1.78 bits per heavy atom. The van der Waals surface area contributed by atoms with Crippen molar-refractivity contribution < 1.29 is 19.8 Å². The molecule has 0 fully saturated rings. The summed E-state index contributed by atoms with van der Waals surface area (Å²) in [6.45, 7) is 9.99. The highest BCUT2D eigenvalue weighted by molar-refractivity contribution is 9.10. The van der Waals surface area contributed by atoms with Gasteiger partial charge in [0.25, 0.3) is 0 Å². The first kappa shape index (κ1) is 21.6. The summed E-state index contributed by atoms with van der Waals surface area (Å²) in [5.74, 6) is -3.65. The van der Waals surface area contributed by atoms with Crippen LogP contribution in [0.1, 0.15) is 25.8 Å². The van der Waals surface area contributed by atoms with Crippen LogP contribution in [0.15, 0.2) is 28.7 Å². The number of benzene rings is 1. The van der Waals surface area contributed by atoms with E-state index in [-0.39, 0.29) is 0 Å². The Labute approximate surface area is 145 Å². The lowest BCUT2D eigenvalue weighted by molar-refractivity contribution is -0.159. The number of aliphatic carboxylic acids is 2. The van der Waals surface area contributed by atoms with Gasteiger partial charge >= 0.3 is 11.9 Å². The van der Waals surface area contributed by atoms with Crippen molar-refractivity contribution in [1.29, 1.82) is 0 Å². The van der Waals surface area contributed by atoms with Crippen LogP contribution < -0.4 is 5.32 Å². The van der Waals surface area contributed by atoms with E-state index in [1.54, 1.807) is 0 Å². The molecule has 0 aliphatic carbocycles. The quantitative estimate of drug-likeness (QED) is 0.468. The van der Waals surface area contributed by atoms with Gasteiger partial charge < -0.3 is 20.4 Å². The third-order valence-electron chi connectivity index (χ3n) is 3.12. The van der Waals surface area contributed by atoms with E-state index in [0.29, 0.717) is 0 Å². The molecule has 0 heterocycles. The number of carboxylic acids is 2. The first-order valence-corrected chi connectivity index (χ1v) is 8.33. The second-order valence-electron chi connectivity index (χ2n) is 4.80. The van der Waals surface area contributed by atoms with E-state index >= 15 is 0 Å². The topological polar surface area (TPSA) is 89.9 Å². The van der Waals surface area contributed by atoms with Crippen LogP contribution in [0.3, 0.4) is 0 Å². The molecule has 1 aromatic rings. The van der Waals surface area contributed by atoms with Crippen LogP contribution in [0.4, 0.5) is 0 Å². The number of carboxylic acid groups (broad SMARTS) is 2. The van der Waals surface area contributed by atoms with Gasteiger partial charge in [0.15, 0.2) is 0 Å². The molecule has 6 nitrogen and oxygen atoms in total. The van der Waals surface area contributed by atoms with Crippen molar-refractivity contribution in [2.75, 3.05) is 26.2 Å². The van der Waals surface area contributed by atoms with E-state index in [2.05, 4.69) is 64.3 Å². The van der Waals surface area contributed by atoms with Gasteiger partial charge in [-0.2, -0.15) is 0 Å². The molecule has 7 heteroatoms. The molecule has 0 aromatic heterocycles. The summed E-state index contributed by atoms with van der Waals surface area (Å²) >= 11 is 3.49. The molecular formula is C16H25BrN2O4. The lowest BCUT2D eigenvalue weighted by Gasteiger charge is -2.17. The first-order chi connectivity index (χ1) is 10.9. The molecule has 0 aliphatic heterocycles. The van der Waals surface area contributed by atoms with Crippen molar-refractivity contribution in [3.8, 4) is 0 Å². The van der Waals surface area contributed by atoms with E-state index in [1.165, 1.54) is 18.5 Å². The summed E-state index contributed by atoms with van der Waals surface area (Å²) in [5, 5.41) is 18.3. The van der Waals surface area contributed by atoms with E-state index in [4.69, 9.17) is 19.8 Å². The maximum Gasteiger partial charge on any atom is 0.414 e. The summed E-state index contributed by atoms with van der Waals surface area (Å²) in [7, 11) is 0. The van der Waals surface area contributed by atoms with Gasteiger partial charge in [-0.1, -0.05) is 41.9 Å². The highest BCUT2D eigenvalue weighted by Crippen LogP contribution is 2.11. The van der Waals surface area contributed by atoms with E-state index in [9.17, 15) is 0 Å². The van der Waals surface area contributed by atoms with Crippen LogP contribution in [-0.2, 0) is 16.1 Å². The lowest BCUT2D eigenvalue weighted by Crippen LogP contribution is -2.27. The van der Waals surface area contributed by atoms with E-state index in [1.807, 2.05) is 0 Å². The van der Waals surface area contributed by atoms with Crippen LogP contribution in [0.2, 0.25) is 0 Å². The minimum atomic E-state index is -1.82. The summed E-state index contributed by atoms with van der Waals surface area (Å²) in [5.41, 5.74) is 1.34. The van der Waals surface area contributed by atoms with Gasteiger partial charge in [-0.05, 0) is 50.3 Å². The second kappa shape index (κ2) is 13.0. The van der Waals surface area contributed by atoms with Crippen LogP contribution >= 0.6 is 15.9 Å². The number of nitrogens with zero attached hydrogens (tertiary/aromatic N) is 1. The summed E-state index contributed by atoms with van der Waals surface area (Å²) < 4.78 is 1.15. The monoisotopic (exact) mass is 388 g/mol. The Morgan fingerprint density at radius 1 is 1.17 bits per heavy atom. The van der Waals surface area contributed by atoms with Gasteiger partial charge in [-0.3, -0.25) is 0 Å². The molecule has 0 aliphatic rings. The number of nitrogens with one attached hydrogen (secondary N) is 1. The number of rotatable bonds is 8. The highest BCUT2D eigenvalue weighted by atomic mass is 79.9. The van der Waals surface area contributed by atoms with Crippen LogP contribution in [-0.4, -0.2) is 53.2 Å². The fourth-order valence-electron chi connectivity index (χ4n) is 1.85. The fourth-order valence-corrected chi connectivity index (χ4v) is 2.29.